The van der Waals surface area contributed by atoms with Crippen LogP contribution in [-0.2, 0) is 6.61 Å². The Balaban J connectivity index is 2.10. The van der Waals surface area contributed by atoms with E-state index in [0.29, 0.717) is 12.3 Å². The first-order chi connectivity index (χ1) is 8.16. The normalized spacial score (nSPS) is 10.2. The van der Waals surface area contributed by atoms with Crippen LogP contribution in [0.2, 0.25) is 0 Å². The molecule has 88 valence electrons. The molecular weight excluding hydrogens is 278 g/mol. The van der Waals surface area contributed by atoms with Gasteiger partial charge in [-0.1, -0.05) is 40.2 Å². The van der Waals surface area contributed by atoms with Crippen LogP contribution in [0.1, 0.15) is 11.1 Å². The zero-order chi connectivity index (χ0) is 12.3. The summed E-state index contributed by atoms with van der Waals surface area (Å²) in [6.45, 7) is 2.52. The van der Waals surface area contributed by atoms with Crippen molar-refractivity contribution in [2.45, 2.75) is 13.5 Å². The van der Waals surface area contributed by atoms with Gasteiger partial charge in [-0.25, -0.2) is 0 Å². The van der Waals surface area contributed by atoms with E-state index < -0.39 is 0 Å². The van der Waals surface area contributed by atoms with Gasteiger partial charge in [-0.2, -0.15) is 0 Å². The Labute approximate surface area is 110 Å². The van der Waals surface area contributed by atoms with Crippen molar-refractivity contribution in [3.8, 4) is 5.75 Å². The molecule has 0 spiro atoms. The lowest BCUT2D eigenvalue weighted by Gasteiger charge is -2.10. The summed E-state index contributed by atoms with van der Waals surface area (Å²) in [5, 5.41) is 0. The number of hydrogen-bond acceptors (Lipinski definition) is 2. The summed E-state index contributed by atoms with van der Waals surface area (Å²) in [5.74, 6) is 0.728. The fourth-order valence-corrected chi connectivity index (χ4v) is 1.97. The molecule has 0 heterocycles. The highest BCUT2D eigenvalue weighted by Gasteiger charge is 2.03. The van der Waals surface area contributed by atoms with Crippen molar-refractivity contribution in [1.82, 2.24) is 0 Å². The molecule has 2 aromatic rings. The van der Waals surface area contributed by atoms with Crippen LogP contribution in [0, 0.1) is 6.92 Å². The largest absolute Gasteiger partial charge is 0.487 e. The number of anilines is 1. The number of benzene rings is 2. The lowest BCUT2D eigenvalue weighted by Crippen LogP contribution is -1.99. The molecule has 0 atom stereocenters. The van der Waals surface area contributed by atoms with Gasteiger partial charge in [0.1, 0.15) is 12.4 Å². The molecule has 17 heavy (non-hydrogen) atoms. The van der Waals surface area contributed by atoms with Crippen molar-refractivity contribution in [2.24, 2.45) is 0 Å². The first kappa shape index (κ1) is 12.0. The Hall–Kier alpha value is -1.48. The standard InChI is InChI=1S/C14H14BrNO/c1-10-6-7-14(13(16)8-10)17-9-11-4-2-3-5-12(11)15/h2-8H,9,16H2,1H3. The maximum Gasteiger partial charge on any atom is 0.142 e. The Kier molecular flexibility index (Phi) is 3.69. The summed E-state index contributed by atoms with van der Waals surface area (Å²) in [7, 11) is 0. The molecular formula is C14H14BrNO. The zero-order valence-electron chi connectivity index (χ0n) is 9.61. The summed E-state index contributed by atoms with van der Waals surface area (Å²) < 4.78 is 6.75. The molecule has 2 N–H and O–H groups in total. The third-order valence-corrected chi connectivity index (χ3v) is 3.28. The van der Waals surface area contributed by atoms with Gasteiger partial charge in [-0.15, -0.1) is 0 Å². The second-order valence-electron chi connectivity index (χ2n) is 3.92. The van der Waals surface area contributed by atoms with Crippen LogP contribution in [-0.4, -0.2) is 0 Å². The Morgan fingerprint density at radius 3 is 2.65 bits per heavy atom. The highest BCUT2D eigenvalue weighted by atomic mass is 79.9. The van der Waals surface area contributed by atoms with Gasteiger partial charge in [-0.05, 0) is 30.7 Å². The van der Waals surface area contributed by atoms with E-state index in [0.717, 1.165) is 21.3 Å². The van der Waals surface area contributed by atoms with Crippen molar-refractivity contribution < 1.29 is 4.74 Å². The highest BCUT2D eigenvalue weighted by Crippen LogP contribution is 2.24. The molecule has 2 nitrogen and oxygen atoms in total. The predicted octanol–water partition coefficient (Wildman–Crippen LogP) is 3.92. The van der Waals surface area contributed by atoms with Gasteiger partial charge >= 0.3 is 0 Å². The van der Waals surface area contributed by atoms with E-state index >= 15 is 0 Å². The third-order valence-electron chi connectivity index (χ3n) is 2.51. The smallest absolute Gasteiger partial charge is 0.142 e. The molecule has 0 aromatic heterocycles. The minimum absolute atomic E-state index is 0.509. The average Bonchev–Trinajstić information content (AvgIpc) is 2.30. The van der Waals surface area contributed by atoms with Crippen molar-refractivity contribution in [1.29, 1.82) is 0 Å². The summed E-state index contributed by atoms with van der Waals surface area (Å²) in [6, 6.07) is 13.8. The number of ether oxygens (including phenoxy) is 1. The lowest BCUT2D eigenvalue weighted by atomic mass is 10.2. The minimum Gasteiger partial charge on any atom is -0.487 e. The second kappa shape index (κ2) is 5.23. The fourth-order valence-electron chi connectivity index (χ4n) is 1.57. The molecule has 2 rings (SSSR count). The van der Waals surface area contributed by atoms with Gasteiger partial charge in [0.15, 0.2) is 0 Å². The molecule has 0 saturated carbocycles. The molecule has 0 saturated heterocycles. The van der Waals surface area contributed by atoms with E-state index in [4.69, 9.17) is 10.5 Å². The number of nitrogens with two attached hydrogens (primary N) is 1. The average molecular weight is 292 g/mol. The van der Waals surface area contributed by atoms with Gasteiger partial charge in [-0.3, -0.25) is 0 Å². The summed E-state index contributed by atoms with van der Waals surface area (Å²) >= 11 is 3.49. The van der Waals surface area contributed by atoms with Crippen LogP contribution in [0.4, 0.5) is 5.69 Å². The van der Waals surface area contributed by atoms with Gasteiger partial charge in [0.05, 0.1) is 5.69 Å². The number of aryl methyl sites for hydroxylation is 1. The summed E-state index contributed by atoms with van der Waals surface area (Å²) in [5.41, 5.74) is 8.80. The quantitative estimate of drug-likeness (QED) is 0.870. The van der Waals surface area contributed by atoms with E-state index in [1.54, 1.807) is 0 Å². The SMILES string of the molecule is Cc1ccc(OCc2ccccc2Br)c(N)c1. The monoisotopic (exact) mass is 291 g/mol. The van der Waals surface area contributed by atoms with Crippen LogP contribution < -0.4 is 10.5 Å². The van der Waals surface area contributed by atoms with Crippen LogP contribution in [0.25, 0.3) is 0 Å². The first-order valence-corrected chi connectivity index (χ1v) is 6.18. The highest BCUT2D eigenvalue weighted by molar-refractivity contribution is 9.10. The lowest BCUT2D eigenvalue weighted by molar-refractivity contribution is 0.307. The molecule has 0 unspecified atom stereocenters. The maximum absolute atomic E-state index is 5.89. The third kappa shape index (κ3) is 3.01. The summed E-state index contributed by atoms with van der Waals surface area (Å²) in [6.07, 6.45) is 0. The zero-order valence-corrected chi connectivity index (χ0v) is 11.2. The molecule has 2 aromatic carbocycles. The van der Waals surface area contributed by atoms with Crippen molar-refractivity contribution in [2.75, 3.05) is 5.73 Å². The van der Waals surface area contributed by atoms with Gasteiger partial charge in [0, 0.05) is 10.0 Å². The van der Waals surface area contributed by atoms with E-state index in [1.165, 1.54) is 0 Å². The molecule has 3 heteroatoms. The van der Waals surface area contributed by atoms with E-state index in [-0.39, 0.29) is 0 Å². The molecule has 0 fully saturated rings. The fraction of sp³-hybridized carbons (Fsp3) is 0.143. The van der Waals surface area contributed by atoms with Gasteiger partial charge < -0.3 is 10.5 Å². The second-order valence-corrected chi connectivity index (χ2v) is 4.78. The Bertz CT molecular complexity index is 525. The first-order valence-electron chi connectivity index (χ1n) is 5.39. The van der Waals surface area contributed by atoms with Gasteiger partial charge in [0.25, 0.3) is 0 Å². The predicted molar refractivity (Wildman–Crippen MR) is 74.1 cm³/mol. The van der Waals surface area contributed by atoms with Crippen LogP contribution in [0.3, 0.4) is 0 Å². The number of halogens is 1. The number of hydrogen-bond donors (Lipinski definition) is 1. The molecule has 0 amide bonds. The molecule has 0 bridgehead atoms. The number of nitrogen functional groups attached to an aromatic ring is 1. The van der Waals surface area contributed by atoms with E-state index in [2.05, 4.69) is 15.9 Å². The summed E-state index contributed by atoms with van der Waals surface area (Å²) in [4.78, 5) is 0. The van der Waals surface area contributed by atoms with Crippen LogP contribution >= 0.6 is 15.9 Å². The molecule has 0 aliphatic heterocycles. The topological polar surface area (TPSA) is 35.2 Å². The maximum atomic E-state index is 5.89. The molecule has 0 radical (unpaired) electrons. The van der Waals surface area contributed by atoms with Crippen molar-refractivity contribution in [3.05, 3.63) is 58.1 Å². The van der Waals surface area contributed by atoms with E-state index in [1.807, 2.05) is 49.4 Å². The van der Waals surface area contributed by atoms with E-state index in [9.17, 15) is 0 Å². The Morgan fingerprint density at radius 1 is 1.18 bits per heavy atom. The van der Waals surface area contributed by atoms with Gasteiger partial charge in [0.2, 0.25) is 0 Å². The molecule has 0 aliphatic rings. The van der Waals surface area contributed by atoms with Crippen molar-refractivity contribution in [3.63, 3.8) is 0 Å². The Morgan fingerprint density at radius 2 is 1.94 bits per heavy atom. The van der Waals surface area contributed by atoms with Crippen LogP contribution in [0.15, 0.2) is 46.9 Å². The van der Waals surface area contributed by atoms with Crippen LogP contribution in [0.5, 0.6) is 5.75 Å². The minimum atomic E-state index is 0.509. The van der Waals surface area contributed by atoms with Crippen molar-refractivity contribution >= 4 is 21.6 Å². The molecule has 0 aliphatic carbocycles. The number of rotatable bonds is 3.